The molecule has 0 saturated carbocycles. The van der Waals surface area contributed by atoms with Gasteiger partial charge >= 0.3 is 12.1 Å². The number of amides is 3. The van der Waals surface area contributed by atoms with Gasteiger partial charge in [0.05, 0.1) is 11.3 Å². The molecule has 1 unspecified atom stereocenters. The first-order valence-electron chi connectivity index (χ1n) is 13.1. The minimum Gasteiger partial charge on any atom is -0.446 e. The molecular weight excluding hydrogens is 492 g/mol. The summed E-state index contributed by atoms with van der Waals surface area (Å²) in [6, 6.07) is 12.4. The number of likely N-dealkylation sites (tertiary alicyclic amines) is 1. The number of hydrogen-bond donors (Lipinski definition) is 1. The van der Waals surface area contributed by atoms with Crippen LogP contribution in [0.4, 0.5) is 24.1 Å². The van der Waals surface area contributed by atoms with Crippen LogP contribution in [0.5, 0.6) is 0 Å². The highest BCUT2D eigenvalue weighted by molar-refractivity contribution is 5.92. The molecule has 38 heavy (non-hydrogen) atoms. The largest absolute Gasteiger partial charge is 0.446 e. The molecule has 2 aromatic rings. The minimum absolute atomic E-state index is 0.105. The third kappa shape index (κ3) is 5.43. The number of nitriles is 1. The molecule has 8 nitrogen and oxygen atoms in total. The molecule has 3 aliphatic rings. The van der Waals surface area contributed by atoms with E-state index in [1.807, 2.05) is 24.3 Å². The molecule has 200 valence electrons. The van der Waals surface area contributed by atoms with Gasteiger partial charge in [0.1, 0.15) is 18.7 Å². The zero-order valence-corrected chi connectivity index (χ0v) is 21.1. The molecule has 0 spiro atoms. The third-order valence-corrected chi connectivity index (χ3v) is 7.86. The predicted molar refractivity (Wildman–Crippen MR) is 136 cm³/mol. The summed E-state index contributed by atoms with van der Waals surface area (Å²) in [5.74, 6) is -1.79. The van der Waals surface area contributed by atoms with Crippen molar-refractivity contribution in [1.82, 2.24) is 15.1 Å². The Labute approximate surface area is 220 Å². The Morgan fingerprint density at radius 2 is 1.87 bits per heavy atom. The Kier molecular flexibility index (Phi) is 7.74. The van der Waals surface area contributed by atoms with E-state index in [0.717, 1.165) is 74.6 Å². The fourth-order valence-corrected chi connectivity index (χ4v) is 5.84. The average Bonchev–Trinajstić information content (AvgIpc) is 3.34. The zero-order chi connectivity index (χ0) is 26.6. The van der Waals surface area contributed by atoms with Crippen LogP contribution in [0.1, 0.15) is 42.9 Å². The molecule has 3 fully saturated rings. The number of urea groups is 1. The summed E-state index contributed by atoms with van der Waals surface area (Å²) in [7, 11) is 0. The molecule has 5 rings (SSSR count). The fourth-order valence-electron chi connectivity index (χ4n) is 5.84. The SMILES string of the molecule is N#Cc1ccccc1N1CCC(N2CCCC(CNC(=O)N3C(=O)OC[C@@H]3c3ccc(F)c(F)c3)C2)CC1. The second-order valence-electron chi connectivity index (χ2n) is 10.2. The van der Waals surface area contributed by atoms with Crippen molar-refractivity contribution in [3.05, 3.63) is 65.2 Å². The number of carbonyl (C=O) groups is 2. The van der Waals surface area contributed by atoms with Crippen molar-refractivity contribution >= 4 is 17.8 Å². The Morgan fingerprint density at radius 3 is 2.63 bits per heavy atom. The van der Waals surface area contributed by atoms with Gasteiger partial charge in [0.2, 0.25) is 0 Å². The standard InChI is InChI=1S/C28H31F2N5O3/c29-23-8-7-20(14-24(23)30)26-18-38-28(37)35(26)27(36)32-16-19-4-3-11-34(17-19)22-9-12-33(13-10-22)25-6-2-1-5-21(25)15-31/h1-2,5-8,14,19,22,26H,3-4,9-13,16-18H2,(H,32,36)/t19?,26-/m1/s1. The molecule has 0 bridgehead atoms. The summed E-state index contributed by atoms with van der Waals surface area (Å²) in [5.41, 5.74) is 2.00. The third-order valence-electron chi connectivity index (χ3n) is 7.86. The Morgan fingerprint density at radius 1 is 1.08 bits per heavy atom. The molecule has 0 aromatic heterocycles. The van der Waals surface area contributed by atoms with E-state index in [4.69, 9.17) is 4.74 Å². The molecule has 2 atom stereocenters. The second-order valence-corrected chi connectivity index (χ2v) is 10.2. The number of benzene rings is 2. The summed E-state index contributed by atoms with van der Waals surface area (Å²) in [6.07, 6.45) is 3.22. The van der Waals surface area contributed by atoms with E-state index in [-0.39, 0.29) is 12.5 Å². The molecule has 10 heteroatoms. The van der Waals surface area contributed by atoms with Crippen LogP contribution in [0, 0.1) is 28.9 Å². The molecule has 3 amide bonds. The van der Waals surface area contributed by atoms with Crippen LogP contribution in [-0.2, 0) is 4.74 Å². The van der Waals surface area contributed by atoms with Crippen LogP contribution in [0.25, 0.3) is 0 Å². The van der Waals surface area contributed by atoms with Gasteiger partial charge < -0.3 is 15.0 Å². The van der Waals surface area contributed by atoms with Crippen LogP contribution in [-0.4, -0.2) is 67.3 Å². The van der Waals surface area contributed by atoms with Crippen molar-refractivity contribution in [2.24, 2.45) is 5.92 Å². The van der Waals surface area contributed by atoms with Crippen molar-refractivity contribution in [3.63, 3.8) is 0 Å². The molecule has 3 heterocycles. The zero-order valence-electron chi connectivity index (χ0n) is 21.1. The maximum Gasteiger partial charge on any atom is 0.418 e. The van der Waals surface area contributed by atoms with Gasteiger partial charge in [-0.2, -0.15) is 5.26 Å². The molecule has 2 aromatic carbocycles. The van der Waals surface area contributed by atoms with Crippen molar-refractivity contribution < 1.29 is 23.1 Å². The average molecular weight is 524 g/mol. The lowest BCUT2D eigenvalue weighted by molar-refractivity contribution is 0.105. The van der Waals surface area contributed by atoms with E-state index in [1.165, 1.54) is 6.07 Å². The number of ether oxygens (including phenoxy) is 1. The van der Waals surface area contributed by atoms with Crippen LogP contribution in [0.3, 0.4) is 0 Å². The van der Waals surface area contributed by atoms with Gasteiger partial charge in [0, 0.05) is 32.2 Å². The number of hydrogen-bond acceptors (Lipinski definition) is 6. The van der Waals surface area contributed by atoms with Crippen molar-refractivity contribution in [2.75, 3.05) is 44.2 Å². The first-order chi connectivity index (χ1) is 18.4. The number of rotatable bonds is 5. The Balaban J connectivity index is 1.14. The second kappa shape index (κ2) is 11.4. The highest BCUT2D eigenvalue weighted by Gasteiger charge is 2.39. The Bertz CT molecular complexity index is 1230. The van der Waals surface area contributed by atoms with Gasteiger partial charge in [0.25, 0.3) is 0 Å². The quantitative estimate of drug-likeness (QED) is 0.624. The molecule has 3 aliphatic heterocycles. The summed E-state index contributed by atoms with van der Waals surface area (Å²) in [6.45, 7) is 3.97. The number of cyclic esters (lactones) is 1. The van der Waals surface area contributed by atoms with Crippen molar-refractivity contribution in [2.45, 2.75) is 37.8 Å². The minimum atomic E-state index is -1.04. The summed E-state index contributed by atoms with van der Waals surface area (Å²) in [5, 5.41) is 12.3. The van der Waals surface area contributed by atoms with Crippen LogP contribution < -0.4 is 10.2 Å². The molecule has 0 aliphatic carbocycles. The topological polar surface area (TPSA) is 88.9 Å². The summed E-state index contributed by atoms with van der Waals surface area (Å²) in [4.78, 5) is 31.0. The van der Waals surface area contributed by atoms with Gasteiger partial charge in [-0.25, -0.2) is 23.3 Å². The van der Waals surface area contributed by atoms with Gasteiger partial charge in [0.15, 0.2) is 11.6 Å². The van der Waals surface area contributed by atoms with Crippen LogP contribution in [0.15, 0.2) is 42.5 Å². The van der Waals surface area contributed by atoms with Gasteiger partial charge in [-0.05, 0) is 68.0 Å². The van der Waals surface area contributed by atoms with E-state index < -0.39 is 29.8 Å². The van der Waals surface area contributed by atoms with E-state index in [2.05, 4.69) is 21.2 Å². The number of nitrogens with one attached hydrogen (secondary N) is 1. The lowest BCUT2D eigenvalue weighted by Gasteiger charge is -2.43. The molecular formula is C28H31F2N5O3. The van der Waals surface area contributed by atoms with Crippen molar-refractivity contribution in [3.8, 4) is 6.07 Å². The lowest BCUT2D eigenvalue weighted by Crippen LogP contribution is -2.51. The van der Waals surface area contributed by atoms with E-state index in [1.54, 1.807) is 0 Å². The van der Waals surface area contributed by atoms with Crippen molar-refractivity contribution in [1.29, 1.82) is 5.26 Å². The molecule has 1 N–H and O–H groups in total. The predicted octanol–water partition coefficient (Wildman–Crippen LogP) is 4.42. The number of para-hydroxylation sites is 1. The number of piperidine rings is 2. The smallest absolute Gasteiger partial charge is 0.418 e. The van der Waals surface area contributed by atoms with E-state index in [9.17, 15) is 23.6 Å². The maximum atomic E-state index is 13.7. The first-order valence-corrected chi connectivity index (χ1v) is 13.1. The highest BCUT2D eigenvalue weighted by atomic mass is 19.2. The number of carbonyl (C=O) groups excluding carboxylic acids is 2. The number of imide groups is 1. The van der Waals surface area contributed by atoms with Crippen LogP contribution >= 0.6 is 0 Å². The molecule has 3 saturated heterocycles. The van der Waals surface area contributed by atoms with Gasteiger partial charge in [-0.1, -0.05) is 18.2 Å². The lowest BCUT2D eigenvalue weighted by atomic mass is 9.93. The fraction of sp³-hybridized carbons (Fsp3) is 0.464. The number of halogens is 2. The van der Waals surface area contributed by atoms with Gasteiger partial charge in [-0.15, -0.1) is 0 Å². The van der Waals surface area contributed by atoms with Gasteiger partial charge in [-0.3, -0.25) is 4.90 Å². The summed E-state index contributed by atoms with van der Waals surface area (Å²) < 4.78 is 32.1. The molecule has 0 radical (unpaired) electrons. The first kappa shape index (κ1) is 25.9. The monoisotopic (exact) mass is 523 g/mol. The Hall–Kier alpha value is -3.71. The normalized spacial score (nSPS) is 22.7. The highest BCUT2D eigenvalue weighted by Crippen LogP contribution is 2.30. The van der Waals surface area contributed by atoms with Crippen LogP contribution in [0.2, 0.25) is 0 Å². The summed E-state index contributed by atoms with van der Waals surface area (Å²) >= 11 is 0. The number of nitrogens with zero attached hydrogens (tertiary/aromatic N) is 4. The number of anilines is 1. The van der Waals surface area contributed by atoms with E-state index in [0.29, 0.717) is 23.7 Å². The van der Waals surface area contributed by atoms with E-state index >= 15 is 0 Å². The maximum absolute atomic E-state index is 13.7.